The van der Waals surface area contributed by atoms with E-state index in [9.17, 15) is 4.79 Å². The van der Waals surface area contributed by atoms with Gasteiger partial charge in [-0.3, -0.25) is 0 Å². The van der Waals surface area contributed by atoms with Crippen molar-refractivity contribution in [2.24, 2.45) is 5.73 Å². The minimum Gasteiger partial charge on any atom is -0.478 e. The fraction of sp³-hybridized carbons (Fsp3) is 0.130. The predicted molar refractivity (Wildman–Crippen MR) is 120 cm³/mol. The third kappa shape index (κ3) is 3.77. The van der Waals surface area contributed by atoms with Gasteiger partial charge >= 0.3 is 5.97 Å². The summed E-state index contributed by atoms with van der Waals surface area (Å²) in [6, 6.07) is 11.5. The molecule has 5 aromatic rings. The molecule has 0 radical (unpaired) electrons. The van der Waals surface area contributed by atoms with Crippen LogP contribution in [-0.2, 0) is 19.5 Å². The Morgan fingerprint density at radius 3 is 2.16 bits per heavy atom. The topological polar surface area (TPSA) is 123 Å². The van der Waals surface area contributed by atoms with E-state index in [1.165, 1.54) is 23.4 Å². The van der Waals surface area contributed by atoms with Gasteiger partial charge in [-0.1, -0.05) is 12.1 Å². The van der Waals surface area contributed by atoms with Crippen molar-refractivity contribution in [3.05, 3.63) is 95.7 Å². The molecule has 0 atom stereocenters. The van der Waals surface area contributed by atoms with Crippen LogP contribution in [0.25, 0.3) is 11.0 Å². The lowest BCUT2D eigenvalue weighted by Crippen LogP contribution is -2.04. The Hall–Kier alpha value is -4.24. The Morgan fingerprint density at radius 1 is 0.906 bits per heavy atom. The summed E-state index contributed by atoms with van der Waals surface area (Å²) < 4.78 is 4.02. The number of fused-ring (bicyclic) bond motifs is 2. The number of carboxylic acid groups (broad SMARTS) is 1. The number of pyridine rings is 3. The quantitative estimate of drug-likeness (QED) is 0.365. The summed E-state index contributed by atoms with van der Waals surface area (Å²) in [7, 11) is 0. The molecule has 0 amide bonds. The number of carboxylic acids is 1. The normalized spacial score (nSPS) is 11.3. The standard InChI is InChI=1S/C23H21N7O2/c24-8-18-20-4-1-15(11-29(20)13-27-18)7-16-2-5-21-19(28-14-30(21)12-16)10-26-22-6-3-17(9-25-22)23(31)32/h1-6,9,11-14H,7-8,10,24H2,(H,25,26)(H,31,32). The first-order chi connectivity index (χ1) is 15.6. The maximum absolute atomic E-state index is 10.9. The zero-order chi connectivity index (χ0) is 22.1. The second kappa shape index (κ2) is 8.12. The molecule has 0 saturated carbocycles. The van der Waals surface area contributed by atoms with Crippen molar-refractivity contribution in [1.82, 2.24) is 23.8 Å². The lowest BCUT2D eigenvalue weighted by atomic mass is 10.1. The molecule has 0 aliphatic carbocycles. The van der Waals surface area contributed by atoms with E-state index < -0.39 is 5.97 Å². The third-order valence-corrected chi connectivity index (χ3v) is 5.39. The molecule has 0 fully saturated rings. The molecular weight excluding hydrogens is 406 g/mol. The zero-order valence-corrected chi connectivity index (χ0v) is 17.1. The van der Waals surface area contributed by atoms with Crippen molar-refractivity contribution in [3.8, 4) is 0 Å². The summed E-state index contributed by atoms with van der Waals surface area (Å²) in [6.45, 7) is 0.907. The van der Waals surface area contributed by atoms with E-state index in [4.69, 9.17) is 10.8 Å². The van der Waals surface area contributed by atoms with Crippen LogP contribution in [0.4, 0.5) is 5.82 Å². The van der Waals surface area contributed by atoms with E-state index >= 15 is 0 Å². The number of nitrogens with zero attached hydrogens (tertiary/aromatic N) is 5. The number of hydrogen-bond acceptors (Lipinski definition) is 6. The van der Waals surface area contributed by atoms with Crippen molar-refractivity contribution in [3.63, 3.8) is 0 Å². The second-order valence-electron chi connectivity index (χ2n) is 7.51. The number of imidazole rings is 2. The van der Waals surface area contributed by atoms with Gasteiger partial charge in [0.25, 0.3) is 0 Å². The number of carbonyl (C=O) groups is 1. The van der Waals surface area contributed by atoms with Gasteiger partial charge in [-0.25, -0.2) is 19.7 Å². The lowest BCUT2D eigenvalue weighted by molar-refractivity contribution is 0.0696. The van der Waals surface area contributed by atoms with E-state index in [1.807, 2.05) is 8.80 Å². The molecule has 5 heterocycles. The molecule has 5 aromatic heterocycles. The summed E-state index contributed by atoms with van der Waals surface area (Å²) in [4.78, 5) is 23.9. The van der Waals surface area contributed by atoms with Crippen LogP contribution in [0.3, 0.4) is 0 Å². The minimum absolute atomic E-state index is 0.155. The predicted octanol–water partition coefficient (Wildman–Crippen LogP) is 2.74. The average molecular weight is 427 g/mol. The van der Waals surface area contributed by atoms with Crippen LogP contribution in [-0.4, -0.2) is 34.8 Å². The van der Waals surface area contributed by atoms with Gasteiger partial charge in [0, 0.05) is 31.6 Å². The minimum atomic E-state index is -0.995. The first-order valence-electron chi connectivity index (χ1n) is 10.1. The van der Waals surface area contributed by atoms with Gasteiger partial charge in [0.05, 0.1) is 47.2 Å². The Bertz CT molecular complexity index is 1420. The Balaban J connectivity index is 1.30. The number of aromatic nitrogens is 5. The highest BCUT2D eigenvalue weighted by Gasteiger charge is 2.08. The Labute approximate surface area is 183 Å². The molecule has 0 aromatic carbocycles. The number of nitrogens with two attached hydrogens (primary N) is 1. The number of hydrogen-bond donors (Lipinski definition) is 3. The van der Waals surface area contributed by atoms with E-state index in [1.54, 1.807) is 18.7 Å². The monoisotopic (exact) mass is 427 g/mol. The summed E-state index contributed by atoms with van der Waals surface area (Å²) in [5.41, 5.74) is 12.0. The zero-order valence-electron chi connectivity index (χ0n) is 17.1. The Kier molecular flexibility index (Phi) is 5.00. The van der Waals surface area contributed by atoms with Gasteiger partial charge in [0.2, 0.25) is 0 Å². The van der Waals surface area contributed by atoms with Crippen molar-refractivity contribution in [1.29, 1.82) is 0 Å². The highest BCUT2D eigenvalue weighted by molar-refractivity contribution is 5.87. The molecule has 160 valence electrons. The molecule has 4 N–H and O–H groups in total. The molecule has 9 heteroatoms. The number of rotatable bonds is 7. The highest BCUT2D eigenvalue weighted by Crippen LogP contribution is 2.17. The number of nitrogens with one attached hydrogen (secondary N) is 1. The largest absolute Gasteiger partial charge is 0.478 e. The van der Waals surface area contributed by atoms with Crippen molar-refractivity contribution in [2.45, 2.75) is 19.5 Å². The van der Waals surface area contributed by atoms with Crippen molar-refractivity contribution in [2.75, 3.05) is 5.32 Å². The average Bonchev–Trinajstić information content (AvgIpc) is 3.41. The van der Waals surface area contributed by atoms with E-state index in [0.29, 0.717) is 18.9 Å². The second-order valence-corrected chi connectivity index (χ2v) is 7.51. The van der Waals surface area contributed by atoms with Crippen LogP contribution in [0.5, 0.6) is 0 Å². The summed E-state index contributed by atoms with van der Waals surface area (Å²) >= 11 is 0. The fourth-order valence-electron chi connectivity index (χ4n) is 3.74. The number of anilines is 1. The van der Waals surface area contributed by atoms with Crippen LogP contribution in [0, 0.1) is 0 Å². The molecule has 32 heavy (non-hydrogen) atoms. The van der Waals surface area contributed by atoms with Crippen LogP contribution in [0.2, 0.25) is 0 Å². The van der Waals surface area contributed by atoms with Crippen molar-refractivity contribution < 1.29 is 9.90 Å². The first-order valence-corrected chi connectivity index (χ1v) is 10.1. The fourth-order valence-corrected chi connectivity index (χ4v) is 3.74. The van der Waals surface area contributed by atoms with Gasteiger partial charge in [-0.2, -0.15) is 0 Å². The molecule has 0 aliphatic heterocycles. The molecule has 0 aliphatic rings. The SMILES string of the molecule is NCc1ncn2cc(Cc3ccc4c(CNc5ccc(C(=O)O)cn5)ncn4c3)ccc12. The summed E-state index contributed by atoms with van der Waals surface area (Å²) in [5.74, 6) is -0.398. The van der Waals surface area contributed by atoms with Gasteiger partial charge in [0.1, 0.15) is 5.82 Å². The van der Waals surface area contributed by atoms with Crippen LogP contribution in [0.15, 0.2) is 67.6 Å². The lowest BCUT2D eigenvalue weighted by Gasteiger charge is -2.07. The van der Waals surface area contributed by atoms with Crippen LogP contribution >= 0.6 is 0 Å². The highest BCUT2D eigenvalue weighted by atomic mass is 16.4. The first kappa shape index (κ1) is 19.7. The molecule has 0 spiro atoms. The summed E-state index contributed by atoms with van der Waals surface area (Å²) in [5, 5.41) is 12.2. The Morgan fingerprint density at radius 2 is 1.56 bits per heavy atom. The van der Waals surface area contributed by atoms with Crippen LogP contribution in [0.1, 0.15) is 32.9 Å². The van der Waals surface area contributed by atoms with Gasteiger partial charge in [0.15, 0.2) is 0 Å². The van der Waals surface area contributed by atoms with E-state index in [2.05, 4.69) is 56.9 Å². The van der Waals surface area contributed by atoms with E-state index in [-0.39, 0.29) is 5.56 Å². The van der Waals surface area contributed by atoms with Gasteiger partial charge in [-0.05, 0) is 35.4 Å². The molecule has 0 saturated heterocycles. The molecule has 0 unspecified atom stereocenters. The van der Waals surface area contributed by atoms with Crippen LogP contribution < -0.4 is 11.1 Å². The molecule has 5 rings (SSSR count). The molecular formula is C23H21N7O2. The van der Waals surface area contributed by atoms with Crippen molar-refractivity contribution >= 4 is 22.8 Å². The maximum Gasteiger partial charge on any atom is 0.337 e. The maximum atomic E-state index is 10.9. The van der Waals surface area contributed by atoms with Gasteiger partial charge < -0.3 is 25.0 Å². The van der Waals surface area contributed by atoms with Gasteiger partial charge in [-0.15, -0.1) is 0 Å². The number of aromatic carboxylic acids is 1. The summed E-state index contributed by atoms with van der Waals surface area (Å²) in [6.07, 6.45) is 9.87. The third-order valence-electron chi connectivity index (χ3n) is 5.39. The smallest absolute Gasteiger partial charge is 0.337 e. The molecule has 9 nitrogen and oxygen atoms in total. The van der Waals surface area contributed by atoms with E-state index in [0.717, 1.165) is 28.8 Å². The molecule has 0 bridgehead atoms.